The molecule has 1 heterocycles. The molecule has 0 aromatic carbocycles. The van der Waals surface area contributed by atoms with Gasteiger partial charge in [-0.05, 0) is 36.4 Å². The van der Waals surface area contributed by atoms with Crippen LogP contribution in [0.1, 0.15) is 20.3 Å². The van der Waals surface area contributed by atoms with Gasteiger partial charge in [-0.3, -0.25) is 9.59 Å². The number of hydrogen-bond acceptors (Lipinski definition) is 4. The van der Waals surface area contributed by atoms with Crippen molar-refractivity contribution in [3.8, 4) is 0 Å². The second-order valence-corrected chi connectivity index (χ2v) is 5.12. The number of nitrogens with one attached hydrogen (secondary N) is 2. The zero-order valence-corrected chi connectivity index (χ0v) is 11.2. The molecule has 0 bridgehead atoms. The summed E-state index contributed by atoms with van der Waals surface area (Å²) < 4.78 is 0.456. The van der Waals surface area contributed by atoms with E-state index in [0.717, 1.165) is 0 Å². The standard InChI is InChI=1S/C9H13IN4O2/c1-9(2,3-5(11)15)14-7-6(10)8(16)13-4-12-7/h4H,3H2,1-2H3,(H2,11,15)(H2,12,13,14,16). The Morgan fingerprint density at radius 1 is 1.69 bits per heavy atom. The lowest BCUT2D eigenvalue weighted by molar-refractivity contribution is -0.118. The summed E-state index contributed by atoms with van der Waals surface area (Å²) >= 11 is 1.89. The van der Waals surface area contributed by atoms with Crippen molar-refractivity contribution in [1.82, 2.24) is 9.97 Å². The van der Waals surface area contributed by atoms with Crippen LogP contribution in [0.15, 0.2) is 11.1 Å². The molecule has 0 spiro atoms. The molecule has 88 valence electrons. The summed E-state index contributed by atoms with van der Waals surface area (Å²) in [5.41, 5.74) is 4.38. The Morgan fingerprint density at radius 3 is 2.88 bits per heavy atom. The van der Waals surface area contributed by atoms with Crippen LogP contribution in [-0.4, -0.2) is 21.4 Å². The van der Waals surface area contributed by atoms with E-state index in [4.69, 9.17) is 5.73 Å². The molecule has 6 nitrogen and oxygen atoms in total. The van der Waals surface area contributed by atoms with Gasteiger partial charge in [-0.1, -0.05) is 0 Å². The summed E-state index contributed by atoms with van der Waals surface area (Å²) in [6.45, 7) is 3.63. The smallest absolute Gasteiger partial charge is 0.266 e. The number of aromatic nitrogens is 2. The van der Waals surface area contributed by atoms with Gasteiger partial charge in [-0.25, -0.2) is 4.98 Å². The van der Waals surface area contributed by atoms with Crippen LogP contribution in [0, 0.1) is 3.57 Å². The molecule has 1 aromatic heterocycles. The lowest BCUT2D eigenvalue weighted by Crippen LogP contribution is -2.37. The molecular formula is C9H13IN4O2. The molecule has 7 heteroatoms. The average Bonchev–Trinajstić information content (AvgIpc) is 2.10. The number of nitrogens with zero attached hydrogens (tertiary/aromatic N) is 1. The van der Waals surface area contributed by atoms with Gasteiger partial charge < -0.3 is 16.0 Å². The number of rotatable bonds is 4. The first-order valence-electron chi connectivity index (χ1n) is 4.61. The maximum absolute atomic E-state index is 11.3. The van der Waals surface area contributed by atoms with E-state index >= 15 is 0 Å². The van der Waals surface area contributed by atoms with E-state index in [0.29, 0.717) is 9.39 Å². The largest absolute Gasteiger partial charge is 0.370 e. The van der Waals surface area contributed by atoms with E-state index < -0.39 is 11.4 Å². The zero-order chi connectivity index (χ0) is 12.3. The first-order chi connectivity index (χ1) is 7.32. The van der Waals surface area contributed by atoms with E-state index in [2.05, 4.69) is 15.3 Å². The molecule has 0 atom stereocenters. The highest BCUT2D eigenvalue weighted by Gasteiger charge is 2.22. The Bertz CT molecular complexity index is 455. The number of hydrogen-bond donors (Lipinski definition) is 3. The molecule has 0 saturated heterocycles. The Hall–Kier alpha value is -1.12. The molecule has 1 aromatic rings. The lowest BCUT2D eigenvalue weighted by Gasteiger charge is -2.25. The summed E-state index contributed by atoms with van der Waals surface area (Å²) in [6.07, 6.45) is 1.48. The van der Waals surface area contributed by atoms with Crippen molar-refractivity contribution in [2.45, 2.75) is 25.8 Å². The molecule has 16 heavy (non-hydrogen) atoms. The fraction of sp³-hybridized carbons (Fsp3) is 0.444. The molecule has 0 aliphatic rings. The first kappa shape index (κ1) is 12.9. The number of carbonyl (C=O) groups is 1. The van der Waals surface area contributed by atoms with Gasteiger partial charge >= 0.3 is 0 Å². The highest BCUT2D eigenvalue weighted by Crippen LogP contribution is 2.18. The number of primary amides is 1. The van der Waals surface area contributed by atoms with Crippen LogP contribution in [0.2, 0.25) is 0 Å². The summed E-state index contributed by atoms with van der Waals surface area (Å²) in [6, 6.07) is 0. The molecule has 0 fully saturated rings. The van der Waals surface area contributed by atoms with Gasteiger partial charge in [-0.2, -0.15) is 0 Å². The highest BCUT2D eigenvalue weighted by molar-refractivity contribution is 14.1. The Labute approximate surface area is 106 Å². The minimum absolute atomic E-state index is 0.164. The predicted molar refractivity (Wildman–Crippen MR) is 69.1 cm³/mol. The third-order valence-electron chi connectivity index (χ3n) is 1.87. The fourth-order valence-corrected chi connectivity index (χ4v) is 1.70. The van der Waals surface area contributed by atoms with Gasteiger partial charge in [0, 0.05) is 12.0 Å². The van der Waals surface area contributed by atoms with Crippen LogP contribution >= 0.6 is 22.6 Å². The Kier molecular flexibility index (Phi) is 3.89. The Balaban J connectivity index is 2.92. The molecule has 0 radical (unpaired) electrons. The van der Waals surface area contributed by atoms with E-state index in [9.17, 15) is 9.59 Å². The molecular weight excluding hydrogens is 323 g/mol. The molecule has 0 aliphatic carbocycles. The monoisotopic (exact) mass is 336 g/mol. The molecule has 4 N–H and O–H groups in total. The predicted octanol–water partition coefficient (Wildman–Crippen LogP) is 0.440. The van der Waals surface area contributed by atoms with Crippen molar-refractivity contribution in [3.63, 3.8) is 0 Å². The van der Waals surface area contributed by atoms with Crippen LogP contribution in [-0.2, 0) is 4.79 Å². The topological polar surface area (TPSA) is 101 Å². The number of H-pyrrole nitrogens is 1. The van der Waals surface area contributed by atoms with Crippen LogP contribution in [0.4, 0.5) is 5.82 Å². The van der Waals surface area contributed by atoms with Crippen molar-refractivity contribution in [1.29, 1.82) is 0 Å². The number of aromatic amines is 1. The minimum Gasteiger partial charge on any atom is -0.370 e. The summed E-state index contributed by atoms with van der Waals surface area (Å²) in [5.74, 6) is 0.0490. The van der Waals surface area contributed by atoms with Crippen molar-refractivity contribution in [2.75, 3.05) is 5.32 Å². The summed E-state index contributed by atoms with van der Waals surface area (Å²) in [5, 5.41) is 3.02. The number of carbonyl (C=O) groups excluding carboxylic acids is 1. The van der Waals surface area contributed by atoms with Crippen molar-refractivity contribution < 1.29 is 4.79 Å². The van der Waals surface area contributed by atoms with Crippen molar-refractivity contribution >= 4 is 34.3 Å². The van der Waals surface area contributed by atoms with E-state index in [1.54, 1.807) is 0 Å². The van der Waals surface area contributed by atoms with Gasteiger partial charge in [0.1, 0.15) is 9.39 Å². The second kappa shape index (κ2) is 4.81. The van der Waals surface area contributed by atoms with Crippen molar-refractivity contribution in [2.24, 2.45) is 5.73 Å². The zero-order valence-electron chi connectivity index (χ0n) is 9.00. The molecule has 1 amide bonds. The van der Waals surface area contributed by atoms with Gasteiger partial charge in [0.15, 0.2) is 0 Å². The average molecular weight is 336 g/mol. The normalized spacial score (nSPS) is 11.2. The van der Waals surface area contributed by atoms with Crippen LogP contribution < -0.4 is 16.6 Å². The van der Waals surface area contributed by atoms with Crippen molar-refractivity contribution in [3.05, 3.63) is 20.3 Å². The SMILES string of the molecule is CC(C)(CC(N)=O)Nc1nc[nH]c(=O)c1I. The number of halogens is 1. The van der Waals surface area contributed by atoms with Gasteiger partial charge in [0.05, 0.1) is 6.33 Å². The van der Waals surface area contributed by atoms with Gasteiger partial charge in [-0.15, -0.1) is 0 Å². The van der Waals surface area contributed by atoms with E-state index in [1.165, 1.54) is 6.33 Å². The van der Waals surface area contributed by atoms with E-state index in [-0.39, 0.29) is 12.0 Å². The second-order valence-electron chi connectivity index (χ2n) is 4.05. The van der Waals surface area contributed by atoms with Crippen LogP contribution in [0.25, 0.3) is 0 Å². The molecule has 0 saturated carbocycles. The van der Waals surface area contributed by atoms with Gasteiger partial charge in [0.25, 0.3) is 5.56 Å². The maximum Gasteiger partial charge on any atom is 0.266 e. The quantitative estimate of drug-likeness (QED) is 0.695. The lowest BCUT2D eigenvalue weighted by atomic mass is 10.0. The molecule has 0 unspecified atom stereocenters. The Morgan fingerprint density at radius 2 is 2.31 bits per heavy atom. The third kappa shape index (κ3) is 3.47. The minimum atomic E-state index is -0.535. The van der Waals surface area contributed by atoms with Gasteiger partial charge in [0.2, 0.25) is 5.91 Å². The maximum atomic E-state index is 11.3. The molecule has 1 rings (SSSR count). The number of nitrogens with two attached hydrogens (primary N) is 1. The highest BCUT2D eigenvalue weighted by atomic mass is 127. The summed E-state index contributed by atoms with van der Waals surface area (Å²) in [4.78, 5) is 28.6. The summed E-state index contributed by atoms with van der Waals surface area (Å²) in [7, 11) is 0. The third-order valence-corrected chi connectivity index (χ3v) is 2.87. The molecule has 0 aliphatic heterocycles. The van der Waals surface area contributed by atoms with Crippen LogP contribution in [0.3, 0.4) is 0 Å². The first-order valence-corrected chi connectivity index (χ1v) is 5.69. The fourth-order valence-electron chi connectivity index (χ4n) is 1.27. The number of amides is 1. The van der Waals surface area contributed by atoms with E-state index in [1.807, 2.05) is 36.4 Å². The van der Waals surface area contributed by atoms with Crippen LogP contribution in [0.5, 0.6) is 0 Å². The number of anilines is 1.